The summed E-state index contributed by atoms with van der Waals surface area (Å²) in [6.07, 6.45) is 4.44. The van der Waals surface area contributed by atoms with Crippen LogP contribution in [0.5, 0.6) is 5.75 Å². The fraction of sp³-hybridized carbons (Fsp3) is 0.488. The van der Waals surface area contributed by atoms with E-state index in [1.807, 2.05) is 11.0 Å². The van der Waals surface area contributed by atoms with Crippen LogP contribution in [0.1, 0.15) is 88.7 Å². The minimum absolute atomic E-state index is 0.112. The number of likely N-dealkylation sites (tertiary alicyclic amines) is 1. The van der Waals surface area contributed by atoms with Crippen LogP contribution in [-0.4, -0.2) is 113 Å². The topological polar surface area (TPSA) is 169 Å². The Balaban J connectivity index is 0.853. The van der Waals surface area contributed by atoms with Crippen LogP contribution in [0.4, 0.5) is 15.9 Å². The summed E-state index contributed by atoms with van der Waals surface area (Å²) in [4.78, 5) is 62.1. The van der Waals surface area contributed by atoms with E-state index in [2.05, 4.69) is 20.0 Å². The quantitative estimate of drug-likeness (QED) is 0.229. The van der Waals surface area contributed by atoms with E-state index < -0.39 is 29.0 Å². The van der Waals surface area contributed by atoms with Gasteiger partial charge in [0.05, 0.1) is 22.4 Å². The van der Waals surface area contributed by atoms with Crippen LogP contribution in [-0.2, 0) is 9.59 Å². The second kappa shape index (κ2) is 16.7. The Morgan fingerprint density at radius 1 is 0.931 bits per heavy atom. The number of amides is 4. The second-order valence-electron chi connectivity index (χ2n) is 15.8. The van der Waals surface area contributed by atoms with Gasteiger partial charge in [0.25, 0.3) is 17.7 Å². The van der Waals surface area contributed by atoms with Gasteiger partial charge in [0, 0.05) is 75.5 Å². The van der Waals surface area contributed by atoms with Crippen LogP contribution in [0.15, 0.2) is 42.5 Å². The Kier molecular flexibility index (Phi) is 11.5. The minimum Gasteiger partial charge on any atom is -0.490 e. The Morgan fingerprint density at radius 3 is 2.33 bits per heavy atom. The normalized spacial score (nSPS) is 24.6. The molecule has 0 bridgehead atoms. The lowest BCUT2D eigenvalue weighted by atomic mass is 9.89. The molecule has 2 atom stereocenters. The number of rotatable bonds is 9. The van der Waals surface area contributed by atoms with E-state index in [0.29, 0.717) is 77.8 Å². The number of piperazine rings is 1. The van der Waals surface area contributed by atoms with Crippen LogP contribution in [0.25, 0.3) is 0 Å². The third-order valence-electron chi connectivity index (χ3n) is 12.3. The number of carbonyl (C=O) groups excluding carboxylic acids is 4. The SMILES string of the molecule is N#Cc1ccc(OC2CCC(N3C(=O)CC[C@@H](N4C(=O)c5cc(N6CCN(CC7CCN(c8ccc(C(N)=O)nn8)CC7)CC6)c(F)cc5[C@H]4S)C3=O)CC2)cc1Cl. The zero-order valence-electron chi connectivity index (χ0n) is 31.9. The number of carbonyl (C=O) groups is 4. The number of hydrogen-bond donors (Lipinski definition) is 2. The third kappa shape index (κ3) is 7.91. The number of nitrogens with two attached hydrogens (primary N) is 1. The first-order valence-corrected chi connectivity index (χ1v) is 20.8. The van der Waals surface area contributed by atoms with Crippen LogP contribution >= 0.6 is 24.2 Å². The molecule has 4 fully saturated rings. The molecule has 1 aliphatic carbocycles. The van der Waals surface area contributed by atoms with Crippen molar-refractivity contribution in [1.82, 2.24) is 24.9 Å². The second-order valence-corrected chi connectivity index (χ2v) is 16.7. The Morgan fingerprint density at radius 2 is 1.67 bits per heavy atom. The number of primary amides is 1. The molecule has 0 radical (unpaired) electrons. The van der Waals surface area contributed by atoms with Crippen molar-refractivity contribution in [1.29, 1.82) is 5.26 Å². The van der Waals surface area contributed by atoms with Crippen molar-refractivity contribution in [2.45, 2.75) is 74.9 Å². The van der Waals surface area contributed by atoms with Gasteiger partial charge in [-0.15, -0.1) is 22.8 Å². The molecule has 58 heavy (non-hydrogen) atoms. The number of imide groups is 1. The molecule has 5 heterocycles. The predicted molar refractivity (Wildman–Crippen MR) is 216 cm³/mol. The summed E-state index contributed by atoms with van der Waals surface area (Å²) in [6, 6.07) is 12.1. The van der Waals surface area contributed by atoms with E-state index in [1.165, 1.54) is 15.9 Å². The molecule has 0 spiro atoms. The first-order chi connectivity index (χ1) is 28.0. The van der Waals surface area contributed by atoms with E-state index in [1.54, 1.807) is 36.4 Å². The molecular formula is C41H45ClFN9O5S. The standard InChI is InChI=1S/C41H45ClFN9O5S/c42-31-19-28(4-1-25(31)22-44)57-27-5-2-26(3-6-27)51-37(53)10-8-34(40(51)56)52-39(55)29-21-35(32(43)20-30(29)41(52)58)49-17-15-48(16-18-49)23-24-11-13-50(14-12-24)36-9-7-33(38(45)54)46-47-36/h1,4,7,9,19-21,24,26-27,34,41,58H,2-3,5-6,8,10-18,23H2,(H2,45,54)/t26?,27?,34-,41-/m1/s1. The number of thiol groups is 1. The van der Waals surface area contributed by atoms with Crippen LogP contribution in [0, 0.1) is 23.1 Å². The molecule has 304 valence electrons. The third-order valence-corrected chi connectivity index (χ3v) is 13.2. The average Bonchev–Trinajstić information content (AvgIpc) is 3.46. The molecule has 1 aromatic heterocycles. The Bertz CT molecular complexity index is 2130. The van der Waals surface area contributed by atoms with Gasteiger partial charge in [0.1, 0.15) is 29.1 Å². The molecule has 14 nitrogen and oxygen atoms in total. The van der Waals surface area contributed by atoms with Gasteiger partial charge in [-0.25, -0.2) is 4.39 Å². The average molecular weight is 830 g/mol. The number of ether oxygens (including phenoxy) is 1. The zero-order valence-corrected chi connectivity index (χ0v) is 33.6. The number of piperidine rings is 2. The number of halogens is 2. The lowest BCUT2D eigenvalue weighted by molar-refractivity contribution is -0.156. The van der Waals surface area contributed by atoms with Crippen LogP contribution in [0.3, 0.4) is 0 Å². The summed E-state index contributed by atoms with van der Waals surface area (Å²) in [5.74, 6) is -0.312. The van der Waals surface area contributed by atoms with Crippen LogP contribution < -0.4 is 20.3 Å². The van der Waals surface area contributed by atoms with Gasteiger partial charge in [-0.3, -0.25) is 29.0 Å². The largest absolute Gasteiger partial charge is 0.490 e. The molecule has 17 heteroatoms. The smallest absolute Gasteiger partial charge is 0.269 e. The molecule has 0 unspecified atom stereocenters. The number of aromatic nitrogens is 2. The monoisotopic (exact) mass is 829 g/mol. The van der Waals surface area contributed by atoms with Crippen molar-refractivity contribution in [2.75, 3.05) is 55.6 Å². The van der Waals surface area contributed by atoms with Gasteiger partial charge < -0.3 is 25.2 Å². The van der Waals surface area contributed by atoms with Crippen molar-refractivity contribution in [3.63, 3.8) is 0 Å². The Labute approximate surface area is 346 Å². The summed E-state index contributed by atoms with van der Waals surface area (Å²) in [7, 11) is 0. The lowest BCUT2D eigenvalue weighted by Crippen LogP contribution is -2.58. The number of anilines is 2. The number of benzene rings is 2. The first-order valence-electron chi connectivity index (χ1n) is 19.9. The lowest BCUT2D eigenvalue weighted by Gasteiger charge is -2.42. The van der Waals surface area contributed by atoms with Gasteiger partial charge in [-0.05, 0) is 87.3 Å². The van der Waals surface area contributed by atoms with E-state index in [0.717, 1.165) is 51.4 Å². The molecule has 3 saturated heterocycles. The van der Waals surface area contributed by atoms with Gasteiger partial charge >= 0.3 is 0 Å². The van der Waals surface area contributed by atoms with Gasteiger partial charge in [0.2, 0.25) is 5.91 Å². The summed E-state index contributed by atoms with van der Waals surface area (Å²) in [5.41, 5.74) is 6.91. The van der Waals surface area contributed by atoms with E-state index in [-0.39, 0.29) is 42.5 Å². The molecule has 8 rings (SSSR count). The minimum atomic E-state index is -0.896. The Hall–Kier alpha value is -4.98. The highest BCUT2D eigenvalue weighted by molar-refractivity contribution is 7.80. The molecular weight excluding hydrogens is 785 g/mol. The molecule has 2 N–H and O–H groups in total. The molecule has 4 amide bonds. The van der Waals surface area contributed by atoms with Gasteiger partial charge in [-0.2, -0.15) is 5.26 Å². The summed E-state index contributed by atoms with van der Waals surface area (Å²) in [5, 5.41) is 16.7. The summed E-state index contributed by atoms with van der Waals surface area (Å²) < 4.78 is 22.0. The van der Waals surface area contributed by atoms with E-state index >= 15 is 4.39 Å². The summed E-state index contributed by atoms with van der Waals surface area (Å²) >= 11 is 10.9. The highest BCUT2D eigenvalue weighted by Crippen LogP contribution is 2.43. The van der Waals surface area contributed by atoms with Gasteiger partial charge in [0.15, 0.2) is 11.5 Å². The molecule has 5 aliphatic rings. The predicted octanol–water partition coefficient (Wildman–Crippen LogP) is 4.57. The zero-order chi connectivity index (χ0) is 40.7. The number of nitrogens with zero attached hydrogens (tertiary/aromatic N) is 8. The first kappa shape index (κ1) is 39.8. The number of fused-ring (bicyclic) bond motifs is 1. The highest BCUT2D eigenvalue weighted by atomic mass is 35.5. The molecule has 1 saturated carbocycles. The van der Waals surface area contributed by atoms with Crippen molar-refractivity contribution in [3.05, 3.63) is 75.7 Å². The molecule has 3 aromatic rings. The fourth-order valence-electron chi connectivity index (χ4n) is 9.14. The maximum atomic E-state index is 15.9. The van der Waals surface area contributed by atoms with E-state index in [9.17, 15) is 19.2 Å². The van der Waals surface area contributed by atoms with Crippen molar-refractivity contribution >= 4 is 59.4 Å². The van der Waals surface area contributed by atoms with Gasteiger partial charge in [-0.1, -0.05) is 11.6 Å². The maximum absolute atomic E-state index is 15.9. The van der Waals surface area contributed by atoms with Crippen LogP contribution in [0.2, 0.25) is 5.02 Å². The fourth-order valence-corrected chi connectivity index (χ4v) is 9.83. The molecule has 2 aromatic carbocycles. The maximum Gasteiger partial charge on any atom is 0.269 e. The number of nitriles is 1. The van der Waals surface area contributed by atoms with Crippen molar-refractivity contribution in [3.8, 4) is 11.8 Å². The van der Waals surface area contributed by atoms with Crippen molar-refractivity contribution in [2.24, 2.45) is 11.7 Å². The van der Waals surface area contributed by atoms with Crippen molar-refractivity contribution < 1.29 is 28.3 Å². The van der Waals surface area contributed by atoms with E-state index in [4.69, 9.17) is 40.0 Å². The highest BCUT2D eigenvalue weighted by Gasteiger charge is 2.48. The summed E-state index contributed by atoms with van der Waals surface area (Å²) in [6.45, 7) is 5.32. The number of hydrogen-bond acceptors (Lipinski definition) is 12. The molecule has 4 aliphatic heterocycles.